The molecule has 0 unspecified atom stereocenters. The number of nitrogens with one attached hydrogen (secondary N) is 3. The number of rotatable bonds is 14. The van der Waals surface area contributed by atoms with Crippen LogP contribution < -0.4 is 20.1 Å². The Labute approximate surface area is 257 Å². The maximum absolute atomic E-state index is 12.8. The molecule has 0 spiro atoms. The van der Waals surface area contributed by atoms with Crippen molar-refractivity contribution in [2.24, 2.45) is 0 Å². The first kappa shape index (κ1) is 32.8. The van der Waals surface area contributed by atoms with Gasteiger partial charge in [-0.1, -0.05) is 42.5 Å². The molecule has 3 aromatic carbocycles. The summed E-state index contributed by atoms with van der Waals surface area (Å²) in [6, 6.07) is 19.9. The molecule has 0 bridgehead atoms. The lowest BCUT2D eigenvalue weighted by Gasteiger charge is -2.30. The number of carbonyl (C=O) groups is 2. The SMILES string of the molecule is CS(=O)(=O)Nc1cc(OC[C@@H](O)CNC2CCC(c3ccc(C(=O)N[C@@H](Cc4ccccc4)C(=O)O)cc3)CC2)ccc1O. The van der Waals surface area contributed by atoms with Crippen molar-refractivity contribution in [3.05, 3.63) is 89.5 Å². The van der Waals surface area contributed by atoms with Gasteiger partial charge in [0, 0.05) is 30.6 Å². The Balaban J connectivity index is 1.19. The van der Waals surface area contributed by atoms with E-state index < -0.39 is 34.0 Å². The highest BCUT2D eigenvalue weighted by atomic mass is 32.2. The molecule has 11 nitrogen and oxygen atoms in total. The van der Waals surface area contributed by atoms with Gasteiger partial charge in [-0.2, -0.15) is 0 Å². The van der Waals surface area contributed by atoms with Gasteiger partial charge < -0.3 is 30.7 Å². The van der Waals surface area contributed by atoms with Gasteiger partial charge in [0.15, 0.2) is 0 Å². The molecule has 44 heavy (non-hydrogen) atoms. The second-order valence-corrected chi connectivity index (χ2v) is 12.9. The number of benzene rings is 3. The maximum atomic E-state index is 12.8. The number of phenols is 1. The molecule has 0 radical (unpaired) electrons. The average Bonchev–Trinajstić information content (AvgIpc) is 3.00. The monoisotopic (exact) mass is 625 g/mol. The van der Waals surface area contributed by atoms with Crippen LogP contribution in [0.4, 0.5) is 5.69 Å². The molecule has 1 amide bonds. The Morgan fingerprint density at radius 1 is 0.977 bits per heavy atom. The number of aliphatic hydroxyl groups excluding tert-OH is 1. The first-order valence-electron chi connectivity index (χ1n) is 14.5. The number of anilines is 1. The number of hydrogen-bond donors (Lipinski definition) is 6. The van der Waals surface area contributed by atoms with E-state index in [2.05, 4.69) is 15.4 Å². The summed E-state index contributed by atoms with van der Waals surface area (Å²) in [6.07, 6.45) is 4.10. The van der Waals surface area contributed by atoms with Crippen LogP contribution in [0.3, 0.4) is 0 Å². The van der Waals surface area contributed by atoms with Crippen molar-refractivity contribution >= 4 is 27.6 Å². The Bertz CT molecular complexity index is 1510. The summed E-state index contributed by atoms with van der Waals surface area (Å²) >= 11 is 0. The van der Waals surface area contributed by atoms with Crippen molar-refractivity contribution in [2.45, 2.75) is 56.2 Å². The molecule has 0 heterocycles. The molecule has 1 aliphatic carbocycles. The molecule has 236 valence electrons. The number of phenolic OH excluding ortho intramolecular Hbond substituents is 1. The van der Waals surface area contributed by atoms with Gasteiger partial charge in [-0.3, -0.25) is 9.52 Å². The van der Waals surface area contributed by atoms with Crippen LogP contribution in [0.25, 0.3) is 0 Å². The van der Waals surface area contributed by atoms with Gasteiger partial charge in [-0.05, 0) is 67.0 Å². The highest BCUT2D eigenvalue weighted by molar-refractivity contribution is 7.92. The zero-order valence-corrected chi connectivity index (χ0v) is 25.3. The predicted molar refractivity (Wildman–Crippen MR) is 167 cm³/mol. The fraction of sp³-hybridized carbons (Fsp3) is 0.375. The fourth-order valence-corrected chi connectivity index (χ4v) is 5.83. The third-order valence-electron chi connectivity index (χ3n) is 7.61. The van der Waals surface area contributed by atoms with Crippen LogP contribution >= 0.6 is 0 Å². The van der Waals surface area contributed by atoms with Gasteiger partial charge in [-0.15, -0.1) is 0 Å². The van der Waals surface area contributed by atoms with Crippen molar-refractivity contribution in [1.82, 2.24) is 10.6 Å². The second kappa shape index (κ2) is 15.0. The van der Waals surface area contributed by atoms with E-state index in [9.17, 15) is 33.3 Å². The number of carbonyl (C=O) groups excluding carboxylic acids is 1. The van der Waals surface area contributed by atoms with E-state index in [1.165, 1.54) is 18.2 Å². The maximum Gasteiger partial charge on any atom is 0.326 e. The zero-order valence-electron chi connectivity index (χ0n) is 24.5. The minimum Gasteiger partial charge on any atom is -0.506 e. The number of carboxylic acid groups (broad SMARTS) is 1. The van der Waals surface area contributed by atoms with Crippen LogP contribution in [-0.4, -0.2) is 73.2 Å². The van der Waals surface area contributed by atoms with Crippen LogP contribution in [-0.2, 0) is 21.2 Å². The van der Waals surface area contributed by atoms with Crippen LogP contribution in [0, 0.1) is 0 Å². The van der Waals surface area contributed by atoms with Crippen molar-refractivity contribution in [1.29, 1.82) is 0 Å². The Hall–Kier alpha value is -4.13. The highest BCUT2D eigenvalue weighted by Crippen LogP contribution is 2.33. The fourth-order valence-electron chi connectivity index (χ4n) is 5.27. The van der Waals surface area contributed by atoms with E-state index in [4.69, 9.17) is 4.74 Å². The van der Waals surface area contributed by atoms with Crippen molar-refractivity contribution in [2.75, 3.05) is 24.1 Å². The van der Waals surface area contributed by atoms with Crippen LogP contribution in [0.5, 0.6) is 11.5 Å². The number of amides is 1. The summed E-state index contributed by atoms with van der Waals surface area (Å²) in [5, 5.41) is 35.8. The number of aromatic hydroxyl groups is 1. The average molecular weight is 626 g/mol. The van der Waals surface area contributed by atoms with E-state index in [0.29, 0.717) is 23.8 Å². The van der Waals surface area contributed by atoms with E-state index in [0.717, 1.165) is 43.1 Å². The second-order valence-electron chi connectivity index (χ2n) is 11.2. The summed E-state index contributed by atoms with van der Waals surface area (Å²) in [5.74, 6) is -1.09. The molecule has 1 aliphatic rings. The van der Waals surface area contributed by atoms with Crippen molar-refractivity contribution < 1.29 is 38.1 Å². The van der Waals surface area contributed by atoms with Crippen LogP contribution in [0.15, 0.2) is 72.8 Å². The lowest BCUT2D eigenvalue weighted by atomic mass is 9.81. The molecule has 1 fully saturated rings. The van der Waals surface area contributed by atoms with Gasteiger partial charge in [-0.25, -0.2) is 13.2 Å². The molecule has 0 aliphatic heterocycles. The molecule has 3 aromatic rings. The highest BCUT2D eigenvalue weighted by Gasteiger charge is 2.24. The third kappa shape index (κ3) is 9.97. The van der Waals surface area contributed by atoms with E-state index >= 15 is 0 Å². The minimum atomic E-state index is -3.57. The van der Waals surface area contributed by atoms with Crippen LogP contribution in [0.2, 0.25) is 0 Å². The molecule has 2 atom stereocenters. The Kier molecular flexibility index (Phi) is 11.2. The van der Waals surface area contributed by atoms with E-state index in [1.807, 2.05) is 42.5 Å². The topological polar surface area (TPSA) is 174 Å². The number of hydrogen-bond acceptors (Lipinski definition) is 8. The summed E-state index contributed by atoms with van der Waals surface area (Å²) in [6.45, 7) is 0.318. The van der Waals surface area contributed by atoms with Crippen LogP contribution in [0.1, 0.15) is 53.1 Å². The van der Waals surface area contributed by atoms with Gasteiger partial charge in [0.05, 0.1) is 11.9 Å². The Morgan fingerprint density at radius 3 is 2.30 bits per heavy atom. The van der Waals surface area contributed by atoms with Gasteiger partial charge >= 0.3 is 5.97 Å². The molecule has 4 rings (SSSR count). The normalized spacial score (nSPS) is 18.1. The number of sulfonamides is 1. The molecular formula is C32H39N3O8S. The number of ether oxygens (including phenoxy) is 1. The molecular weight excluding hydrogens is 586 g/mol. The number of aliphatic hydroxyl groups is 1. The zero-order chi connectivity index (χ0) is 31.7. The lowest BCUT2D eigenvalue weighted by Crippen LogP contribution is -2.42. The number of aliphatic carboxylic acids is 1. The number of carboxylic acids is 1. The minimum absolute atomic E-state index is 0.00191. The third-order valence-corrected chi connectivity index (χ3v) is 8.20. The van der Waals surface area contributed by atoms with Crippen molar-refractivity contribution in [3.8, 4) is 11.5 Å². The summed E-state index contributed by atoms with van der Waals surface area (Å²) < 4.78 is 30.7. The van der Waals surface area contributed by atoms with E-state index in [-0.39, 0.29) is 30.5 Å². The van der Waals surface area contributed by atoms with Gasteiger partial charge in [0.1, 0.15) is 30.3 Å². The van der Waals surface area contributed by atoms with Gasteiger partial charge in [0.2, 0.25) is 10.0 Å². The lowest BCUT2D eigenvalue weighted by molar-refractivity contribution is -0.139. The molecule has 0 aromatic heterocycles. The summed E-state index contributed by atoms with van der Waals surface area (Å²) in [7, 11) is -3.57. The smallest absolute Gasteiger partial charge is 0.326 e. The molecule has 0 saturated heterocycles. The summed E-state index contributed by atoms with van der Waals surface area (Å²) in [5.41, 5.74) is 2.37. The standard InChI is InChI=1S/C32H39N3O8S/c1-44(41,42)35-28-18-27(15-16-30(28)37)43-20-26(36)19-33-25-13-11-23(12-14-25)22-7-9-24(10-8-22)31(38)34-29(32(39)40)17-21-5-3-2-4-6-21/h2-10,15-16,18,23,25-26,29,33,35-37H,11-14,17,19-20H2,1H3,(H,34,38)(H,39,40)/t23?,25?,26-,29-/m0/s1. The largest absolute Gasteiger partial charge is 0.506 e. The summed E-state index contributed by atoms with van der Waals surface area (Å²) in [4.78, 5) is 24.5. The molecule has 1 saturated carbocycles. The molecule has 6 N–H and O–H groups in total. The first-order chi connectivity index (χ1) is 21.0. The van der Waals surface area contributed by atoms with E-state index in [1.54, 1.807) is 12.1 Å². The Morgan fingerprint density at radius 2 is 1.66 bits per heavy atom. The van der Waals surface area contributed by atoms with Gasteiger partial charge in [0.25, 0.3) is 5.91 Å². The molecule has 12 heteroatoms. The quantitative estimate of drug-likeness (QED) is 0.147. The first-order valence-corrected chi connectivity index (χ1v) is 16.4. The van der Waals surface area contributed by atoms with Crippen molar-refractivity contribution in [3.63, 3.8) is 0 Å². The predicted octanol–water partition coefficient (Wildman–Crippen LogP) is 3.25.